The molecule has 0 N–H and O–H groups in total. The van der Waals surface area contributed by atoms with Gasteiger partial charge in [-0.05, 0) is 99.4 Å². The second kappa shape index (κ2) is 10.6. The molecule has 1 heterocycles. The number of nitrogens with zero attached hydrogens (tertiary/aromatic N) is 1. The van der Waals surface area contributed by atoms with E-state index in [1.165, 1.54) is 92.8 Å². The van der Waals surface area contributed by atoms with Gasteiger partial charge < -0.3 is 0 Å². The number of hydrogen-bond donors (Lipinski definition) is 0. The standard InChI is InChI=1S/C47H29N/c1-3-12-40-38(10-1)45(39-11-2-4-13-41(39)47(40)43-14-5-6-29-48-43)35-21-17-31(18-22-35)30-15-19-32(20-16-30)37-27-25-36-24-23-33-8-7-9-34-26-28-42(37)46(36)44(33)34/h1-29H. The van der Waals surface area contributed by atoms with E-state index < -0.39 is 0 Å². The quantitative estimate of drug-likeness (QED) is 0.143. The first kappa shape index (κ1) is 26.9. The van der Waals surface area contributed by atoms with Crippen molar-refractivity contribution in [2.45, 2.75) is 0 Å². The highest BCUT2D eigenvalue weighted by Crippen LogP contribution is 2.44. The maximum atomic E-state index is 4.76. The first-order valence-electron chi connectivity index (χ1n) is 16.5. The van der Waals surface area contributed by atoms with Crippen molar-refractivity contribution >= 4 is 53.9 Å². The molecule has 0 spiro atoms. The van der Waals surface area contributed by atoms with E-state index >= 15 is 0 Å². The van der Waals surface area contributed by atoms with Crippen LogP contribution in [0.1, 0.15) is 0 Å². The fraction of sp³-hybridized carbons (Fsp3) is 0. The molecule has 0 fully saturated rings. The van der Waals surface area contributed by atoms with E-state index in [1.54, 1.807) is 0 Å². The molecule has 0 aliphatic heterocycles. The number of fused-ring (bicyclic) bond motifs is 2. The van der Waals surface area contributed by atoms with Crippen molar-refractivity contribution < 1.29 is 0 Å². The van der Waals surface area contributed by atoms with Gasteiger partial charge in [-0.15, -0.1) is 0 Å². The second-order valence-electron chi connectivity index (χ2n) is 12.7. The van der Waals surface area contributed by atoms with Crippen LogP contribution in [-0.4, -0.2) is 4.98 Å². The third-order valence-corrected chi connectivity index (χ3v) is 10.1. The Morgan fingerprint density at radius 3 is 1.40 bits per heavy atom. The zero-order valence-corrected chi connectivity index (χ0v) is 26.2. The van der Waals surface area contributed by atoms with Crippen LogP contribution < -0.4 is 0 Å². The highest BCUT2D eigenvalue weighted by atomic mass is 14.7. The van der Waals surface area contributed by atoms with Gasteiger partial charge >= 0.3 is 0 Å². The van der Waals surface area contributed by atoms with Crippen molar-refractivity contribution in [3.63, 3.8) is 0 Å². The zero-order chi connectivity index (χ0) is 31.6. The topological polar surface area (TPSA) is 12.9 Å². The van der Waals surface area contributed by atoms with Crippen LogP contribution in [0.5, 0.6) is 0 Å². The third kappa shape index (κ3) is 4.08. The summed E-state index contributed by atoms with van der Waals surface area (Å²) < 4.78 is 0. The van der Waals surface area contributed by atoms with E-state index in [1.807, 2.05) is 12.3 Å². The molecule has 222 valence electrons. The lowest BCUT2D eigenvalue weighted by Crippen LogP contribution is -1.92. The minimum Gasteiger partial charge on any atom is -0.256 e. The lowest BCUT2D eigenvalue weighted by Gasteiger charge is -2.17. The van der Waals surface area contributed by atoms with Gasteiger partial charge in [0.25, 0.3) is 0 Å². The van der Waals surface area contributed by atoms with Gasteiger partial charge in [0, 0.05) is 11.8 Å². The SMILES string of the molecule is c1ccc(-c2c3ccccc3c(-c3ccc(-c4ccc(-c5ccc6ccc7cccc8ccc5c6c78)cc4)cc3)c3ccccc23)nc1. The fourth-order valence-corrected chi connectivity index (χ4v) is 7.88. The molecule has 1 heteroatoms. The molecule has 0 aliphatic carbocycles. The Bertz CT molecular complexity index is 2720. The Morgan fingerprint density at radius 1 is 0.292 bits per heavy atom. The van der Waals surface area contributed by atoms with Gasteiger partial charge in [-0.2, -0.15) is 0 Å². The number of hydrogen-bond acceptors (Lipinski definition) is 1. The summed E-state index contributed by atoms with van der Waals surface area (Å²) >= 11 is 0. The van der Waals surface area contributed by atoms with E-state index in [2.05, 4.69) is 164 Å². The lowest BCUT2D eigenvalue weighted by molar-refractivity contribution is 1.34. The van der Waals surface area contributed by atoms with Crippen LogP contribution in [0.2, 0.25) is 0 Å². The molecule has 0 atom stereocenters. The predicted octanol–water partition coefficient (Wildman–Crippen LogP) is 13.0. The largest absolute Gasteiger partial charge is 0.256 e. The van der Waals surface area contributed by atoms with Crippen LogP contribution >= 0.6 is 0 Å². The molecular weight excluding hydrogens is 579 g/mol. The molecule has 0 amide bonds. The van der Waals surface area contributed by atoms with Crippen molar-refractivity contribution in [1.82, 2.24) is 4.98 Å². The van der Waals surface area contributed by atoms with Crippen molar-refractivity contribution in [2.24, 2.45) is 0 Å². The Hall–Kier alpha value is -6.31. The number of rotatable bonds is 4. The summed E-state index contributed by atoms with van der Waals surface area (Å²) in [5.74, 6) is 0. The van der Waals surface area contributed by atoms with Gasteiger partial charge in [-0.1, -0.05) is 158 Å². The monoisotopic (exact) mass is 607 g/mol. The van der Waals surface area contributed by atoms with Gasteiger partial charge in [0.2, 0.25) is 0 Å². The number of benzene rings is 9. The maximum Gasteiger partial charge on any atom is 0.0714 e. The highest BCUT2D eigenvalue weighted by molar-refractivity contribution is 6.25. The van der Waals surface area contributed by atoms with Crippen LogP contribution in [0.15, 0.2) is 176 Å². The molecule has 0 bridgehead atoms. The van der Waals surface area contributed by atoms with Crippen molar-refractivity contribution in [3.05, 3.63) is 176 Å². The molecule has 0 saturated carbocycles. The number of pyridine rings is 1. The van der Waals surface area contributed by atoms with Gasteiger partial charge in [0.15, 0.2) is 0 Å². The zero-order valence-electron chi connectivity index (χ0n) is 26.2. The molecule has 0 radical (unpaired) electrons. The van der Waals surface area contributed by atoms with Crippen molar-refractivity contribution in [2.75, 3.05) is 0 Å². The highest BCUT2D eigenvalue weighted by Gasteiger charge is 2.17. The lowest BCUT2D eigenvalue weighted by atomic mass is 9.87. The van der Waals surface area contributed by atoms with Crippen LogP contribution in [0.4, 0.5) is 0 Å². The van der Waals surface area contributed by atoms with E-state index in [4.69, 9.17) is 4.98 Å². The summed E-state index contributed by atoms with van der Waals surface area (Å²) in [7, 11) is 0. The molecule has 9 aromatic carbocycles. The molecule has 1 nitrogen and oxygen atoms in total. The van der Waals surface area contributed by atoms with Gasteiger partial charge in [-0.25, -0.2) is 0 Å². The van der Waals surface area contributed by atoms with Crippen LogP contribution in [0.3, 0.4) is 0 Å². The van der Waals surface area contributed by atoms with Crippen LogP contribution in [0.25, 0.3) is 98.5 Å². The van der Waals surface area contributed by atoms with E-state index in [-0.39, 0.29) is 0 Å². The predicted molar refractivity (Wildman–Crippen MR) is 205 cm³/mol. The minimum atomic E-state index is 0.998. The smallest absolute Gasteiger partial charge is 0.0714 e. The molecule has 10 aromatic rings. The average Bonchev–Trinajstić information content (AvgIpc) is 3.16. The average molecular weight is 608 g/mol. The van der Waals surface area contributed by atoms with Gasteiger partial charge in [-0.3, -0.25) is 4.98 Å². The Labute approximate surface area is 278 Å². The van der Waals surface area contributed by atoms with E-state index in [0.717, 1.165) is 5.69 Å². The normalized spacial score (nSPS) is 11.8. The third-order valence-electron chi connectivity index (χ3n) is 10.1. The molecule has 1 aromatic heterocycles. The van der Waals surface area contributed by atoms with Gasteiger partial charge in [0.05, 0.1) is 5.69 Å². The molecule has 48 heavy (non-hydrogen) atoms. The van der Waals surface area contributed by atoms with E-state index in [0.29, 0.717) is 0 Å². The molecule has 0 unspecified atom stereocenters. The summed E-state index contributed by atoms with van der Waals surface area (Å²) in [5.41, 5.74) is 9.59. The summed E-state index contributed by atoms with van der Waals surface area (Å²) in [4.78, 5) is 4.76. The van der Waals surface area contributed by atoms with E-state index in [9.17, 15) is 0 Å². The van der Waals surface area contributed by atoms with Gasteiger partial charge in [0.1, 0.15) is 0 Å². The maximum absolute atomic E-state index is 4.76. The molecule has 0 aliphatic rings. The van der Waals surface area contributed by atoms with Crippen LogP contribution in [0, 0.1) is 0 Å². The first-order valence-corrected chi connectivity index (χ1v) is 16.5. The summed E-state index contributed by atoms with van der Waals surface area (Å²) in [6.07, 6.45) is 1.88. The Kier molecular flexibility index (Phi) is 5.94. The Morgan fingerprint density at radius 2 is 0.792 bits per heavy atom. The summed E-state index contributed by atoms with van der Waals surface area (Å²) in [6.45, 7) is 0. The molecule has 10 rings (SSSR count). The minimum absolute atomic E-state index is 0.998. The summed E-state index contributed by atoms with van der Waals surface area (Å²) in [6, 6.07) is 62.0. The molecular formula is C47H29N. The second-order valence-corrected chi connectivity index (χ2v) is 12.7. The van der Waals surface area contributed by atoms with Crippen molar-refractivity contribution in [1.29, 1.82) is 0 Å². The van der Waals surface area contributed by atoms with Crippen LogP contribution in [-0.2, 0) is 0 Å². The summed E-state index contributed by atoms with van der Waals surface area (Å²) in [5, 5.41) is 12.8. The number of aromatic nitrogens is 1. The Balaban J connectivity index is 1.05. The van der Waals surface area contributed by atoms with Crippen molar-refractivity contribution in [3.8, 4) is 44.6 Å². The first-order chi connectivity index (χ1) is 23.8. The fourth-order valence-electron chi connectivity index (χ4n) is 7.88. The molecule has 0 saturated heterocycles.